The van der Waals surface area contributed by atoms with Gasteiger partial charge in [-0.3, -0.25) is 9.69 Å². The average molecular weight is 376 g/mol. The molecular formula is C19H12ClF2NO3. The number of carbonyl (C=O) groups excluding carboxylic acids is 2. The molecule has 0 saturated heterocycles. The van der Waals surface area contributed by atoms with Gasteiger partial charge in [-0.05, 0) is 35.9 Å². The molecule has 2 aromatic carbocycles. The predicted molar refractivity (Wildman–Crippen MR) is 90.6 cm³/mol. The third kappa shape index (κ3) is 2.66. The first-order valence-corrected chi connectivity index (χ1v) is 8.27. The van der Waals surface area contributed by atoms with Crippen molar-refractivity contribution < 1.29 is 23.1 Å². The van der Waals surface area contributed by atoms with Gasteiger partial charge in [-0.25, -0.2) is 13.6 Å². The Hall–Kier alpha value is -2.73. The van der Waals surface area contributed by atoms with Gasteiger partial charge < -0.3 is 4.74 Å². The molecule has 4 nitrogen and oxygen atoms in total. The van der Waals surface area contributed by atoms with E-state index >= 15 is 0 Å². The maximum absolute atomic E-state index is 13.5. The lowest BCUT2D eigenvalue weighted by atomic mass is 9.84. The maximum atomic E-state index is 13.5. The van der Waals surface area contributed by atoms with Crippen molar-refractivity contribution in [2.45, 2.75) is 12.3 Å². The van der Waals surface area contributed by atoms with E-state index in [1.54, 1.807) is 12.1 Å². The second kappa shape index (κ2) is 6.21. The maximum Gasteiger partial charge on any atom is 0.336 e. The van der Waals surface area contributed by atoms with Crippen molar-refractivity contribution in [3.63, 3.8) is 0 Å². The van der Waals surface area contributed by atoms with Gasteiger partial charge in [0.25, 0.3) is 0 Å². The number of cyclic esters (lactones) is 1. The molecule has 1 atom stereocenters. The first kappa shape index (κ1) is 16.7. The largest absolute Gasteiger partial charge is 0.456 e. The van der Waals surface area contributed by atoms with Gasteiger partial charge in [0.1, 0.15) is 18.2 Å². The van der Waals surface area contributed by atoms with E-state index in [9.17, 15) is 18.4 Å². The molecule has 0 aliphatic carbocycles. The van der Waals surface area contributed by atoms with Crippen molar-refractivity contribution in [1.82, 2.24) is 0 Å². The molecule has 0 N–H and O–H groups in total. The molecule has 2 heterocycles. The van der Waals surface area contributed by atoms with E-state index in [2.05, 4.69) is 0 Å². The lowest BCUT2D eigenvalue weighted by Crippen LogP contribution is -2.37. The normalized spacial score (nSPS) is 19.7. The first-order chi connectivity index (χ1) is 12.5. The van der Waals surface area contributed by atoms with Crippen LogP contribution >= 0.6 is 11.6 Å². The highest BCUT2D eigenvalue weighted by molar-refractivity contribution is 6.31. The minimum atomic E-state index is -0.600. The van der Waals surface area contributed by atoms with Gasteiger partial charge in [-0.2, -0.15) is 0 Å². The Balaban J connectivity index is 1.82. The van der Waals surface area contributed by atoms with E-state index < -0.39 is 23.5 Å². The van der Waals surface area contributed by atoms with Gasteiger partial charge in [0, 0.05) is 12.3 Å². The van der Waals surface area contributed by atoms with Crippen LogP contribution in [0.3, 0.4) is 0 Å². The van der Waals surface area contributed by atoms with Crippen LogP contribution in [0.4, 0.5) is 14.5 Å². The second-order valence-corrected chi connectivity index (χ2v) is 6.48. The van der Waals surface area contributed by atoms with Crippen LogP contribution in [-0.2, 0) is 14.3 Å². The van der Waals surface area contributed by atoms with E-state index in [4.69, 9.17) is 16.3 Å². The SMILES string of the molecule is O=C1OCC2=C1C(c1ccc(F)cc1)CC(=O)N2c1ccc(F)c(Cl)c1. The summed E-state index contributed by atoms with van der Waals surface area (Å²) in [5.74, 6) is -2.31. The number of hydrogen-bond donors (Lipinski definition) is 0. The standard InChI is InChI=1S/C19H12ClF2NO3/c20-14-7-12(5-6-15(14)22)23-16-9-26-19(25)18(16)13(8-17(23)24)10-1-3-11(21)4-2-10/h1-7,13H,8-9H2. The summed E-state index contributed by atoms with van der Waals surface area (Å²) in [5, 5.41) is -0.122. The van der Waals surface area contributed by atoms with E-state index in [1.165, 1.54) is 29.2 Å². The Morgan fingerprint density at radius 3 is 2.50 bits per heavy atom. The Morgan fingerprint density at radius 1 is 1.08 bits per heavy atom. The third-order valence-electron chi connectivity index (χ3n) is 4.55. The minimum Gasteiger partial charge on any atom is -0.456 e. The lowest BCUT2D eigenvalue weighted by molar-refractivity contribution is -0.136. The molecule has 0 aromatic heterocycles. The van der Waals surface area contributed by atoms with Crippen LogP contribution in [0.2, 0.25) is 5.02 Å². The Labute approximate surface area is 152 Å². The number of rotatable bonds is 2. The van der Waals surface area contributed by atoms with Gasteiger partial charge in [-0.15, -0.1) is 0 Å². The Kier molecular flexibility index (Phi) is 4.00. The number of carbonyl (C=O) groups is 2. The number of benzene rings is 2. The van der Waals surface area contributed by atoms with Gasteiger partial charge in [0.05, 0.1) is 22.0 Å². The van der Waals surface area contributed by atoms with E-state index in [0.29, 0.717) is 22.5 Å². The van der Waals surface area contributed by atoms with Crippen molar-refractivity contribution in [1.29, 1.82) is 0 Å². The van der Waals surface area contributed by atoms with Crippen LogP contribution in [0.15, 0.2) is 53.7 Å². The van der Waals surface area contributed by atoms with Crippen LogP contribution in [-0.4, -0.2) is 18.5 Å². The molecule has 26 heavy (non-hydrogen) atoms. The Morgan fingerprint density at radius 2 is 1.81 bits per heavy atom. The summed E-state index contributed by atoms with van der Waals surface area (Å²) in [6, 6.07) is 9.58. The zero-order valence-electron chi connectivity index (χ0n) is 13.3. The van der Waals surface area contributed by atoms with Crippen LogP contribution < -0.4 is 4.90 Å². The third-order valence-corrected chi connectivity index (χ3v) is 4.84. The number of halogens is 3. The molecule has 0 saturated carbocycles. The monoisotopic (exact) mass is 375 g/mol. The molecule has 2 aliphatic heterocycles. The summed E-state index contributed by atoms with van der Waals surface area (Å²) in [7, 11) is 0. The van der Waals surface area contributed by atoms with E-state index in [0.717, 1.165) is 6.07 Å². The highest BCUT2D eigenvalue weighted by Crippen LogP contribution is 2.42. The zero-order chi connectivity index (χ0) is 18.4. The average Bonchev–Trinajstić information content (AvgIpc) is 2.99. The van der Waals surface area contributed by atoms with E-state index in [1.807, 2.05) is 0 Å². The van der Waals surface area contributed by atoms with Crippen molar-refractivity contribution >= 4 is 29.2 Å². The minimum absolute atomic E-state index is 0.00849. The topological polar surface area (TPSA) is 46.6 Å². The summed E-state index contributed by atoms with van der Waals surface area (Å²) in [6.45, 7) is -0.0629. The number of amides is 1. The van der Waals surface area contributed by atoms with Crippen molar-refractivity contribution in [2.24, 2.45) is 0 Å². The number of nitrogens with zero attached hydrogens (tertiary/aromatic N) is 1. The highest BCUT2D eigenvalue weighted by Gasteiger charge is 2.43. The summed E-state index contributed by atoms with van der Waals surface area (Å²) in [6.07, 6.45) is 0.00849. The molecule has 1 unspecified atom stereocenters. The molecule has 7 heteroatoms. The number of hydrogen-bond acceptors (Lipinski definition) is 3. The van der Waals surface area contributed by atoms with Gasteiger partial charge in [-0.1, -0.05) is 23.7 Å². The highest BCUT2D eigenvalue weighted by atomic mass is 35.5. The molecular weight excluding hydrogens is 364 g/mol. The summed E-state index contributed by atoms with van der Waals surface area (Å²) < 4.78 is 31.8. The first-order valence-electron chi connectivity index (χ1n) is 7.89. The molecule has 0 radical (unpaired) electrons. The van der Waals surface area contributed by atoms with Crippen LogP contribution in [0.1, 0.15) is 17.9 Å². The fraction of sp³-hybridized carbons (Fsp3) is 0.158. The van der Waals surface area contributed by atoms with Gasteiger partial charge in [0.15, 0.2) is 0 Å². The fourth-order valence-corrected chi connectivity index (χ4v) is 3.53. The smallest absolute Gasteiger partial charge is 0.336 e. The summed E-state index contributed by atoms with van der Waals surface area (Å²) in [5.41, 5.74) is 1.78. The quantitative estimate of drug-likeness (QED) is 0.747. The second-order valence-electron chi connectivity index (χ2n) is 6.07. The summed E-state index contributed by atoms with van der Waals surface area (Å²) >= 11 is 5.83. The van der Waals surface area contributed by atoms with Crippen LogP contribution in [0, 0.1) is 11.6 Å². The number of ether oxygens (including phenoxy) is 1. The molecule has 0 spiro atoms. The number of anilines is 1. The molecule has 4 rings (SSSR count). The van der Waals surface area contributed by atoms with E-state index in [-0.39, 0.29) is 24.0 Å². The van der Waals surface area contributed by atoms with Crippen molar-refractivity contribution in [2.75, 3.05) is 11.5 Å². The number of esters is 1. The van der Waals surface area contributed by atoms with Crippen molar-refractivity contribution in [3.8, 4) is 0 Å². The lowest BCUT2D eigenvalue weighted by Gasteiger charge is -2.32. The van der Waals surface area contributed by atoms with Gasteiger partial charge >= 0.3 is 5.97 Å². The van der Waals surface area contributed by atoms with Crippen LogP contribution in [0.5, 0.6) is 0 Å². The van der Waals surface area contributed by atoms with Crippen molar-refractivity contribution in [3.05, 3.63) is 76.0 Å². The summed E-state index contributed by atoms with van der Waals surface area (Å²) in [4.78, 5) is 26.4. The molecule has 2 aliphatic rings. The predicted octanol–water partition coefficient (Wildman–Crippen LogP) is 3.95. The molecule has 1 amide bonds. The fourth-order valence-electron chi connectivity index (χ4n) is 3.36. The Bertz CT molecular complexity index is 956. The van der Waals surface area contributed by atoms with Crippen LogP contribution in [0.25, 0.3) is 0 Å². The molecule has 0 fully saturated rings. The molecule has 0 bridgehead atoms. The molecule has 132 valence electrons. The molecule has 2 aromatic rings. The van der Waals surface area contributed by atoms with Gasteiger partial charge in [0.2, 0.25) is 5.91 Å². The zero-order valence-corrected chi connectivity index (χ0v) is 14.1.